The summed E-state index contributed by atoms with van der Waals surface area (Å²) in [5, 5.41) is 7.91. The van der Waals surface area contributed by atoms with Gasteiger partial charge in [-0.3, -0.25) is 14.4 Å². The van der Waals surface area contributed by atoms with Crippen molar-refractivity contribution in [3.8, 4) is 0 Å². The van der Waals surface area contributed by atoms with Crippen LogP contribution in [0.3, 0.4) is 0 Å². The lowest BCUT2D eigenvalue weighted by molar-refractivity contribution is -0.122. The molecule has 0 fully saturated rings. The highest BCUT2D eigenvalue weighted by Crippen LogP contribution is 2.37. The van der Waals surface area contributed by atoms with Gasteiger partial charge in [0.25, 0.3) is 5.91 Å². The van der Waals surface area contributed by atoms with Crippen LogP contribution >= 0.6 is 0 Å². The van der Waals surface area contributed by atoms with E-state index in [2.05, 4.69) is 10.5 Å². The van der Waals surface area contributed by atoms with Gasteiger partial charge in [0.05, 0.1) is 42.6 Å². The number of amides is 2. The van der Waals surface area contributed by atoms with Crippen molar-refractivity contribution in [1.82, 2.24) is 10.5 Å². The SMILES string of the molecule is CCCC1CN(C(=O)c2ccc(C(=O)OC)cc2)c2ccccc2N(Cc2noc3ccccc23)C1=O.CN[C@@H](C)C(C)=O. The molecule has 0 aliphatic carbocycles. The van der Waals surface area contributed by atoms with Gasteiger partial charge in [0.2, 0.25) is 5.91 Å². The molecule has 0 saturated carbocycles. The first-order valence-corrected chi connectivity index (χ1v) is 14.6. The first-order chi connectivity index (χ1) is 21.2. The van der Waals surface area contributed by atoms with Gasteiger partial charge in [-0.25, -0.2) is 4.79 Å². The minimum atomic E-state index is -0.469. The normalized spacial score (nSPS) is 15.1. The summed E-state index contributed by atoms with van der Waals surface area (Å²) in [7, 11) is 3.08. The number of nitrogens with one attached hydrogen (secondary N) is 1. The fraction of sp³-hybridized carbons (Fsp3) is 0.324. The van der Waals surface area contributed by atoms with Gasteiger partial charge in [-0.05, 0) is 75.8 Å². The number of hydrogen-bond donors (Lipinski definition) is 1. The number of carbonyl (C=O) groups is 4. The summed E-state index contributed by atoms with van der Waals surface area (Å²) in [5.41, 5.74) is 3.38. The van der Waals surface area contributed by atoms with Crippen molar-refractivity contribution in [1.29, 1.82) is 0 Å². The van der Waals surface area contributed by atoms with E-state index in [0.29, 0.717) is 40.2 Å². The van der Waals surface area contributed by atoms with E-state index in [-0.39, 0.29) is 36.7 Å². The smallest absolute Gasteiger partial charge is 0.337 e. The Morgan fingerprint density at radius 2 is 1.64 bits per heavy atom. The average Bonchev–Trinajstić information content (AvgIpc) is 3.42. The monoisotopic (exact) mass is 598 g/mol. The minimum absolute atomic E-state index is 0.0139. The Labute approximate surface area is 256 Å². The van der Waals surface area contributed by atoms with Crippen molar-refractivity contribution < 1.29 is 28.4 Å². The third-order valence-corrected chi connectivity index (χ3v) is 7.72. The first-order valence-electron chi connectivity index (χ1n) is 14.6. The van der Waals surface area contributed by atoms with Crippen LogP contribution in [0, 0.1) is 5.92 Å². The van der Waals surface area contributed by atoms with E-state index in [1.165, 1.54) is 7.11 Å². The van der Waals surface area contributed by atoms with Crippen LogP contribution in [0.4, 0.5) is 11.4 Å². The zero-order valence-electron chi connectivity index (χ0n) is 25.7. The van der Waals surface area contributed by atoms with Gasteiger partial charge in [0.15, 0.2) is 5.58 Å². The quantitative estimate of drug-likeness (QED) is 0.267. The Kier molecular flexibility index (Phi) is 10.6. The Balaban J connectivity index is 0.000000566. The predicted octanol–water partition coefficient (Wildman–Crippen LogP) is 5.41. The van der Waals surface area contributed by atoms with E-state index in [1.807, 2.05) is 62.4 Å². The number of para-hydroxylation sites is 3. The van der Waals surface area contributed by atoms with Crippen LogP contribution < -0.4 is 15.1 Å². The molecule has 2 amide bonds. The summed E-state index contributed by atoms with van der Waals surface area (Å²) < 4.78 is 10.2. The molecule has 0 radical (unpaired) electrons. The number of anilines is 2. The van der Waals surface area contributed by atoms with Crippen molar-refractivity contribution in [3.05, 3.63) is 89.6 Å². The number of fused-ring (bicyclic) bond motifs is 2. The van der Waals surface area contributed by atoms with Crippen LogP contribution in [0.5, 0.6) is 0 Å². The number of nitrogens with zero attached hydrogens (tertiary/aromatic N) is 3. The third-order valence-electron chi connectivity index (χ3n) is 7.72. The van der Waals surface area contributed by atoms with Crippen LogP contribution in [0.15, 0.2) is 77.3 Å². The van der Waals surface area contributed by atoms with Crippen molar-refractivity contribution in [2.24, 2.45) is 5.92 Å². The Morgan fingerprint density at radius 3 is 2.25 bits per heavy atom. The number of methoxy groups -OCH3 is 1. The fourth-order valence-electron chi connectivity index (χ4n) is 5.00. The van der Waals surface area contributed by atoms with Gasteiger partial charge < -0.3 is 24.4 Å². The summed E-state index contributed by atoms with van der Waals surface area (Å²) in [6.45, 7) is 5.91. The molecule has 3 aromatic carbocycles. The van der Waals surface area contributed by atoms with Crippen LogP contribution in [0.1, 0.15) is 60.0 Å². The van der Waals surface area contributed by atoms with Crippen LogP contribution in [0.25, 0.3) is 11.0 Å². The van der Waals surface area contributed by atoms with E-state index in [1.54, 1.807) is 48.0 Å². The molecule has 1 N–H and O–H groups in total. The number of Topliss-reactive ketones (excluding diaryl/α,β-unsaturated/α-hetero) is 1. The van der Waals surface area contributed by atoms with Crippen molar-refractivity contribution in [3.63, 3.8) is 0 Å². The van der Waals surface area contributed by atoms with E-state index < -0.39 is 11.9 Å². The van der Waals surface area contributed by atoms with Crippen molar-refractivity contribution in [2.75, 3.05) is 30.5 Å². The molecule has 1 aliphatic rings. The van der Waals surface area contributed by atoms with Gasteiger partial charge in [-0.15, -0.1) is 0 Å². The molecule has 2 atom stereocenters. The number of benzene rings is 3. The number of esters is 1. The molecule has 0 saturated heterocycles. The number of ether oxygens (including phenoxy) is 1. The standard InChI is InChI=1S/C29H27N3O5.C5H11NO/c1-3-8-21-17-31(27(33)19-13-15-20(16-14-19)29(35)36-2)24-10-5-6-11-25(24)32(28(21)34)18-23-22-9-4-7-12-26(22)37-30-23;1-4(6-3)5(2)7/h4-7,9-16,21H,3,8,17-18H2,1-2H3;4,6H,1-3H3/t;4-/m.0/s1. The zero-order valence-corrected chi connectivity index (χ0v) is 25.7. The van der Waals surface area contributed by atoms with E-state index in [4.69, 9.17) is 9.26 Å². The maximum absolute atomic E-state index is 13.9. The van der Waals surface area contributed by atoms with Crippen molar-refractivity contribution in [2.45, 2.75) is 46.2 Å². The number of likely N-dealkylation sites (N-methyl/N-ethyl adjacent to an activating group) is 1. The second-order valence-electron chi connectivity index (χ2n) is 10.6. The summed E-state index contributed by atoms with van der Waals surface area (Å²) >= 11 is 0. The van der Waals surface area contributed by atoms with Crippen molar-refractivity contribution >= 4 is 45.9 Å². The van der Waals surface area contributed by atoms with Crippen LogP contribution in [0.2, 0.25) is 0 Å². The number of carbonyl (C=O) groups excluding carboxylic acids is 4. The molecule has 10 nitrogen and oxygen atoms in total. The Bertz CT molecular complexity index is 1630. The molecular weight excluding hydrogens is 560 g/mol. The molecule has 1 aliphatic heterocycles. The second-order valence-corrected chi connectivity index (χ2v) is 10.6. The number of aromatic nitrogens is 1. The highest BCUT2D eigenvalue weighted by molar-refractivity contribution is 6.11. The number of rotatable bonds is 8. The van der Waals surface area contributed by atoms with Gasteiger partial charge in [0, 0.05) is 17.5 Å². The Morgan fingerprint density at radius 1 is 1.00 bits per heavy atom. The molecule has 5 rings (SSSR count). The zero-order chi connectivity index (χ0) is 31.8. The van der Waals surface area contributed by atoms with Gasteiger partial charge in [-0.2, -0.15) is 0 Å². The highest BCUT2D eigenvalue weighted by atomic mass is 16.5. The van der Waals surface area contributed by atoms with E-state index >= 15 is 0 Å². The molecule has 230 valence electrons. The highest BCUT2D eigenvalue weighted by Gasteiger charge is 2.36. The predicted molar refractivity (Wildman–Crippen MR) is 169 cm³/mol. The van der Waals surface area contributed by atoms with E-state index in [9.17, 15) is 19.2 Å². The lowest BCUT2D eigenvalue weighted by Gasteiger charge is -2.25. The minimum Gasteiger partial charge on any atom is -0.465 e. The third kappa shape index (κ3) is 7.03. The average molecular weight is 599 g/mol. The summed E-state index contributed by atoms with van der Waals surface area (Å²) in [5.74, 6) is -0.982. The molecule has 4 aromatic rings. The van der Waals surface area contributed by atoms with Crippen LogP contribution in [-0.2, 0) is 20.9 Å². The Hall–Kier alpha value is -4.83. The largest absolute Gasteiger partial charge is 0.465 e. The topological polar surface area (TPSA) is 122 Å². The lowest BCUT2D eigenvalue weighted by Crippen LogP contribution is -2.39. The van der Waals surface area contributed by atoms with E-state index in [0.717, 1.165) is 11.8 Å². The number of ketones is 1. The molecule has 2 heterocycles. The second kappa shape index (κ2) is 14.6. The molecule has 44 heavy (non-hydrogen) atoms. The summed E-state index contributed by atoms with van der Waals surface area (Å²) in [6.07, 6.45) is 1.43. The molecule has 0 bridgehead atoms. The van der Waals surface area contributed by atoms with Gasteiger partial charge in [0.1, 0.15) is 11.5 Å². The first kappa shape index (κ1) is 32.1. The maximum atomic E-state index is 13.9. The summed E-state index contributed by atoms with van der Waals surface area (Å²) in [6, 6.07) is 21.3. The number of hydrogen-bond acceptors (Lipinski definition) is 8. The summed E-state index contributed by atoms with van der Waals surface area (Å²) in [4.78, 5) is 53.2. The molecule has 1 aromatic heterocycles. The fourth-order valence-corrected chi connectivity index (χ4v) is 5.00. The lowest BCUT2D eigenvalue weighted by atomic mass is 10.0. The molecule has 1 unspecified atom stereocenters. The molecule has 0 spiro atoms. The van der Waals surface area contributed by atoms with Gasteiger partial charge in [-0.1, -0.05) is 42.8 Å². The molecule has 10 heteroatoms. The van der Waals surface area contributed by atoms with Crippen LogP contribution in [-0.4, -0.2) is 55.5 Å². The maximum Gasteiger partial charge on any atom is 0.337 e. The van der Waals surface area contributed by atoms with Gasteiger partial charge >= 0.3 is 5.97 Å². The molecular formula is C34H38N4O6.